The molecule has 154 valence electrons. The van der Waals surface area contributed by atoms with E-state index >= 15 is 0 Å². The lowest BCUT2D eigenvalue weighted by Crippen LogP contribution is -2.40. The Balaban J connectivity index is 1.40. The molecule has 2 aromatic heterocycles. The zero-order valence-corrected chi connectivity index (χ0v) is 17.0. The Bertz CT molecular complexity index is 852. The van der Waals surface area contributed by atoms with Crippen LogP contribution in [0.1, 0.15) is 41.6 Å². The van der Waals surface area contributed by atoms with E-state index in [1.807, 2.05) is 12.1 Å². The molecule has 1 amide bonds. The van der Waals surface area contributed by atoms with Gasteiger partial charge in [-0.3, -0.25) is 4.79 Å². The summed E-state index contributed by atoms with van der Waals surface area (Å²) in [7, 11) is 0. The first kappa shape index (κ1) is 19.9. The molecule has 0 radical (unpaired) electrons. The standard InChI is InChI=1S/C21H25ClN4O3/c22-18-12-16(21(27)26-8-10-28-11-9-26)14-25-19(18)24-13-15-4-3-7-23-20(15)29-17-5-1-2-6-17/h3-4,7,12,14,17H,1-2,5-6,8-11,13H2,(H,24,25). The van der Waals surface area contributed by atoms with Crippen LogP contribution in [0.2, 0.25) is 5.02 Å². The summed E-state index contributed by atoms with van der Waals surface area (Å²) in [4.78, 5) is 23.1. The average Bonchev–Trinajstić information content (AvgIpc) is 3.27. The Morgan fingerprint density at radius 3 is 2.83 bits per heavy atom. The predicted octanol–water partition coefficient (Wildman–Crippen LogP) is 3.54. The van der Waals surface area contributed by atoms with E-state index in [9.17, 15) is 4.79 Å². The third-order valence-corrected chi connectivity index (χ3v) is 5.55. The smallest absolute Gasteiger partial charge is 0.255 e. The van der Waals surface area contributed by atoms with Crippen LogP contribution < -0.4 is 10.1 Å². The van der Waals surface area contributed by atoms with Crippen molar-refractivity contribution in [1.29, 1.82) is 0 Å². The van der Waals surface area contributed by atoms with E-state index in [1.54, 1.807) is 23.4 Å². The van der Waals surface area contributed by atoms with E-state index < -0.39 is 0 Å². The molecule has 2 aromatic rings. The zero-order valence-electron chi connectivity index (χ0n) is 16.3. The summed E-state index contributed by atoms with van der Waals surface area (Å²) in [6, 6.07) is 5.53. The van der Waals surface area contributed by atoms with Crippen molar-refractivity contribution in [3.8, 4) is 5.88 Å². The predicted molar refractivity (Wildman–Crippen MR) is 110 cm³/mol. The molecule has 3 heterocycles. The fourth-order valence-electron chi connectivity index (χ4n) is 3.64. The summed E-state index contributed by atoms with van der Waals surface area (Å²) < 4.78 is 11.4. The number of amides is 1. The number of morpholine rings is 1. The molecule has 8 heteroatoms. The van der Waals surface area contributed by atoms with Crippen LogP contribution in [0.25, 0.3) is 0 Å². The van der Waals surface area contributed by atoms with Crippen LogP contribution in [-0.2, 0) is 11.3 Å². The summed E-state index contributed by atoms with van der Waals surface area (Å²) in [5.74, 6) is 1.11. The highest BCUT2D eigenvalue weighted by atomic mass is 35.5. The maximum absolute atomic E-state index is 12.6. The second kappa shape index (κ2) is 9.41. The molecular formula is C21H25ClN4O3. The van der Waals surface area contributed by atoms with E-state index in [4.69, 9.17) is 21.1 Å². The van der Waals surface area contributed by atoms with Crippen LogP contribution in [0.4, 0.5) is 5.82 Å². The van der Waals surface area contributed by atoms with Gasteiger partial charge in [-0.05, 0) is 37.8 Å². The van der Waals surface area contributed by atoms with E-state index in [2.05, 4.69) is 15.3 Å². The van der Waals surface area contributed by atoms with Gasteiger partial charge in [0.1, 0.15) is 11.9 Å². The number of carbonyl (C=O) groups is 1. The molecule has 0 spiro atoms. The normalized spacial score (nSPS) is 17.3. The van der Waals surface area contributed by atoms with Gasteiger partial charge in [0.2, 0.25) is 5.88 Å². The average molecular weight is 417 g/mol. The number of pyridine rings is 2. The number of ether oxygens (including phenoxy) is 2. The first-order valence-electron chi connectivity index (χ1n) is 10.1. The van der Waals surface area contributed by atoms with Crippen molar-refractivity contribution >= 4 is 23.3 Å². The van der Waals surface area contributed by atoms with E-state index in [-0.39, 0.29) is 12.0 Å². The Kier molecular flexibility index (Phi) is 6.46. The van der Waals surface area contributed by atoms with Crippen molar-refractivity contribution in [2.75, 3.05) is 31.6 Å². The van der Waals surface area contributed by atoms with E-state index in [0.717, 1.165) is 18.4 Å². The maximum Gasteiger partial charge on any atom is 0.255 e. The van der Waals surface area contributed by atoms with Crippen molar-refractivity contribution in [2.24, 2.45) is 0 Å². The van der Waals surface area contributed by atoms with Crippen LogP contribution in [0.5, 0.6) is 5.88 Å². The third-order valence-electron chi connectivity index (χ3n) is 5.26. The topological polar surface area (TPSA) is 76.6 Å². The molecule has 0 unspecified atom stereocenters. The van der Waals surface area contributed by atoms with E-state index in [0.29, 0.717) is 55.1 Å². The Hall–Kier alpha value is -2.38. The number of nitrogens with one attached hydrogen (secondary N) is 1. The van der Waals surface area contributed by atoms with Gasteiger partial charge in [-0.2, -0.15) is 0 Å². The summed E-state index contributed by atoms with van der Waals surface area (Å²) in [5, 5.41) is 3.64. The number of halogens is 1. The summed E-state index contributed by atoms with van der Waals surface area (Å²) in [6.45, 7) is 2.77. The second-order valence-electron chi connectivity index (χ2n) is 7.30. The Morgan fingerprint density at radius 1 is 1.28 bits per heavy atom. The largest absolute Gasteiger partial charge is 0.474 e. The molecule has 7 nitrogen and oxygen atoms in total. The molecule has 1 saturated carbocycles. The zero-order chi connectivity index (χ0) is 20.1. The quantitative estimate of drug-likeness (QED) is 0.776. The monoisotopic (exact) mass is 416 g/mol. The Labute approximate surface area is 175 Å². The first-order valence-corrected chi connectivity index (χ1v) is 10.5. The lowest BCUT2D eigenvalue weighted by molar-refractivity contribution is 0.0302. The highest BCUT2D eigenvalue weighted by Crippen LogP contribution is 2.26. The maximum atomic E-state index is 12.6. The third kappa shape index (κ3) is 4.97. The second-order valence-corrected chi connectivity index (χ2v) is 7.71. The van der Waals surface area contributed by atoms with Gasteiger partial charge in [0.25, 0.3) is 5.91 Å². The number of rotatable bonds is 6. The highest BCUT2D eigenvalue weighted by Gasteiger charge is 2.21. The molecular weight excluding hydrogens is 392 g/mol. The molecule has 2 fully saturated rings. The molecule has 1 aliphatic carbocycles. The number of hydrogen-bond donors (Lipinski definition) is 1. The molecule has 1 N–H and O–H groups in total. The minimum atomic E-state index is -0.0752. The molecule has 0 bridgehead atoms. The van der Waals surface area contributed by atoms with Crippen LogP contribution in [-0.4, -0.2) is 53.2 Å². The highest BCUT2D eigenvalue weighted by molar-refractivity contribution is 6.33. The lowest BCUT2D eigenvalue weighted by atomic mass is 10.2. The van der Waals surface area contributed by atoms with Crippen molar-refractivity contribution in [3.63, 3.8) is 0 Å². The van der Waals surface area contributed by atoms with Gasteiger partial charge in [-0.25, -0.2) is 9.97 Å². The van der Waals surface area contributed by atoms with Crippen molar-refractivity contribution < 1.29 is 14.3 Å². The summed E-state index contributed by atoms with van der Waals surface area (Å²) in [6.07, 6.45) is 8.12. The van der Waals surface area contributed by atoms with Crippen molar-refractivity contribution in [3.05, 3.63) is 46.7 Å². The fraction of sp³-hybridized carbons (Fsp3) is 0.476. The summed E-state index contributed by atoms with van der Waals surface area (Å²) in [5.41, 5.74) is 1.43. The van der Waals surface area contributed by atoms with Gasteiger partial charge < -0.3 is 19.7 Å². The van der Waals surface area contributed by atoms with Gasteiger partial charge in [0.05, 0.1) is 23.8 Å². The number of aromatic nitrogens is 2. The van der Waals surface area contributed by atoms with Crippen LogP contribution in [0.15, 0.2) is 30.6 Å². The van der Waals surface area contributed by atoms with E-state index in [1.165, 1.54) is 12.8 Å². The SMILES string of the molecule is O=C(c1cnc(NCc2cccnc2OC2CCCC2)c(Cl)c1)N1CCOCC1. The minimum absolute atomic E-state index is 0.0752. The molecule has 1 saturated heterocycles. The van der Waals surface area contributed by atoms with Crippen LogP contribution in [0.3, 0.4) is 0 Å². The molecule has 0 aromatic carbocycles. The molecule has 0 atom stereocenters. The molecule has 2 aliphatic rings. The molecule has 1 aliphatic heterocycles. The van der Waals surface area contributed by atoms with Gasteiger partial charge in [-0.1, -0.05) is 17.7 Å². The number of carbonyl (C=O) groups excluding carboxylic acids is 1. The minimum Gasteiger partial charge on any atom is -0.474 e. The van der Waals surface area contributed by atoms with Crippen LogP contribution in [0, 0.1) is 0 Å². The van der Waals surface area contributed by atoms with Crippen molar-refractivity contribution in [2.45, 2.75) is 38.3 Å². The van der Waals surface area contributed by atoms with Gasteiger partial charge in [0.15, 0.2) is 0 Å². The molecule has 4 rings (SSSR count). The van der Waals surface area contributed by atoms with Crippen molar-refractivity contribution in [1.82, 2.24) is 14.9 Å². The fourth-order valence-corrected chi connectivity index (χ4v) is 3.87. The number of nitrogens with zero attached hydrogens (tertiary/aromatic N) is 3. The van der Waals surface area contributed by atoms with Crippen LogP contribution >= 0.6 is 11.6 Å². The number of hydrogen-bond acceptors (Lipinski definition) is 6. The lowest BCUT2D eigenvalue weighted by Gasteiger charge is -2.26. The van der Waals surface area contributed by atoms with Gasteiger partial charge in [0, 0.05) is 37.6 Å². The van der Waals surface area contributed by atoms with Gasteiger partial charge in [-0.15, -0.1) is 0 Å². The first-order chi connectivity index (χ1) is 14.2. The van der Waals surface area contributed by atoms with Gasteiger partial charge >= 0.3 is 0 Å². The Morgan fingerprint density at radius 2 is 2.07 bits per heavy atom. The number of anilines is 1. The molecule has 29 heavy (non-hydrogen) atoms. The summed E-state index contributed by atoms with van der Waals surface area (Å²) >= 11 is 6.39.